The van der Waals surface area contributed by atoms with Gasteiger partial charge in [-0.3, -0.25) is 0 Å². The number of hydrogen-bond donors (Lipinski definition) is 2. The normalized spacial score (nSPS) is 12.9. The Labute approximate surface area is 115 Å². The van der Waals surface area contributed by atoms with Gasteiger partial charge in [-0.15, -0.1) is 0 Å². The van der Waals surface area contributed by atoms with Gasteiger partial charge in [-0.2, -0.15) is 8.78 Å². The van der Waals surface area contributed by atoms with Gasteiger partial charge >= 0.3 is 12.3 Å². The smallest absolute Gasteiger partial charge is 0.320 e. The van der Waals surface area contributed by atoms with Gasteiger partial charge in [0.1, 0.15) is 0 Å². The van der Waals surface area contributed by atoms with Gasteiger partial charge in [-0.25, -0.2) is 21.9 Å². The molecule has 0 aliphatic heterocycles. The molecule has 1 aromatic rings. The number of sulfonamides is 1. The first kappa shape index (κ1) is 16.2. The minimum Gasteiger partial charge on any atom is -0.399 e. The fraction of sp³-hybridized carbons (Fsp3) is 0.333. The first-order valence-electron chi connectivity index (χ1n) is 4.77. The summed E-state index contributed by atoms with van der Waals surface area (Å²) < 4.78 is 73.9. The number of halogens is 5. The highest BCUT2D eigenvalue weighted by molar-refractivity contribution is 9.10. The molecule has 0 spiro atoms. The van der Waals surface area contributed by atoms with Crippen LogP contribution in [0.4, 0.5) is 23.2 Å². The molecule has 0 saturated carbocycles. The van der Waals surface area contributed by atoms with Gasteiger partial charge in [0, 0.05) is 10.2 Å². The lowest BCUT2D eigenvalue weighted by molar-refractivity contribution is -0.122. The third-order valence-corrected chi connectivity index (χ3v) is 4.44. The van der Waals surface area contributed by atoms with Crippen LogP contribution in [0.5, 0.6) is 0 Å². The minimum absolute atomic E-state index is 0.0420. The van der Waals surface area contributed by atoms with E-state index in [-0.39, 0.29) is 15.1 Å². The van der Waals surface area contributed by atoms with E-state index in [1.54, 1.807) is 0 Å². The molecule has 108 valence electrons. The van der Waals surface area contributed by atoms with Crippen molar-refractivity contribution >= 4 is 31.6 Å². The second-order valence-corrected chi connectivity index (χ2v) is 6.17. The van der Waals surface area contributed by atoms with Crippen molar-refractivity contribution in [2.45, 2.75) is 17.2 Å². The number of rotatable bonds is 5. The van der Waals surface area contributed by atoms with Crippen LogP contribution < -0.4 is 10.5 Å². The van der Waals surface area contributed by atoms with Crippen molar-refractivity contribution in [3.05, 3.63) is 22.7 Å². The Bertz CT molecular complexity index is 565. The van der Waals surface area contributed by atoms with Gasteiger partial charge in [0.25, 0.3) is 0 Å². The van der Waals surface area contributed by atoms with Gasteiger partial charge in [0.2, 0.25) is 10.0 Å². The Morgan fingerprint density at radius 3 is 2.42 bits per heavy atom. The van der Waals surface area contributed by atoms with Gasteiger partial charge in [-0.1, -0.05) is 0 Å². The molecular weight excluding hydrogens is 356 g/mol. The molecule has 0 bridgehead atoms. The van der Waals surface area contributed by atoms with Crippen LogP contribution in [0.2, 0.25) is 0 Å². The van der Waals surface area contributed by atoms with Crippen LogP contribution in [0, 0.1) is 0 Å². The van der Waals surface area contributed by atoms with E-state index in [1.165, 1.54) is 16.9 Å². The van der Waals surface area contributed by atoms with Gasteiger partial charge in [-0.05, 0) is 34.1 Å². The van der Waals surface area contributed by atoms with Crippen molar-refractivity contribution in [1.29, 1.82) is 0 Å². The van der Waals surface area contributed by atoms with Crippen molar-refractivity contribution in [2.75, 3.05) is 12.3 Å². The quantitative estimate of drug-likeness (QED) is 0.621. The maximum atomic E-state index is 12.6. The zero-order valence-corrected chi connectivity index (χ0v) is 11.6. The van der Waals surface area contributed by atoms with E-state index in [4.69, 9.17) is 5.73 Å². The van der Waals surface area contributed by atoms with Crippen LogP contribution in [0.15, 0.2) is 27.6 Å². The summed E-state index contributed by atoms with van der Waals surface area (Å²) in [5, 5.41) is 0. The topological polar surface area (TPSA) is 72.2 Å². The number of nitrogens with two attached hydrogens (primary N) is 1. The molecule has 0 fully saturated rings. The molecule has 0 unspecified atom stereocenters. The van der Waals surface area contributed by atoms with E-state index >= 15 is 0 Å². The van der Waals surface area contributed by atoms with E-state index in [0.717, 1.165) is 6.07 Å². The molecule has 0 saturated heterocycles. The lowest BCUT2D eigenvalue weighted by atomic mass is 10.3. The lowest BCUT2D eigenvalue weighted by Crippen LogP contribution is -2.41. The van der Waals surface area contributed by atoms with E-state index in [0.29, 0.717) is 0 Å². The molecule has 0 heterocycles. The standard InChI is InChI=1S/C9H9BrF4N2O2S/c10-6-3-5(15)1-2-7(6)19(17,18)16-4-9(13,14)8(11)12/h1-3,8,16H,4,15H2. The second-order valence-electron chi connectivity index (χ2n) is 3.58. The van der Waals surface area contributed by atoms with Gasteiger partial charge in [0.15, 0.2) is 0 Å². The molecule has 1 aromatic carbocycles. The SMILES string of the molecule is Nc1ccc(S(=O)(=O)NCC(F)(F)C(F)F)c(Br)c1. The Kier molecular flexibility index (Phi) is 4.80. The van der Waals surface area contributed by atoms with Crippen LogP contribution in [0.25, 0.3) is 0 Å². The molecule has 0 aliphatic rings. The highest BCUT2D eigenvalue weighted by Crippen LogP contribution is 2.26. The summed E-state index contributed by atoms with van der Waals surface area (Å²) in [5.74, 6) is -4.44. The molecule has 0 amide bonds. The molecule has 0 aliphatic carbocycles. The van der Waals surface area contributed by atoms with E-state index in [9.17, 15) is 26.0 Å². The lowest BCUT2D eigenvalue weighted by Gasteiger charge is -2.16. The number of nitrogen functional groups attached to an aromatic ring is 1. The summed E-state index contributed by atoms with van der Waals surface area (Å²) >= 11 is 2.90. The number of hydrogen-bond acceptors (Lipinski definition) is 3. The van der Waals surface area contributed by atoms with E-state index in [2.05, 4.69) is 15.9 Å². The fourth-order valence-corrected chi connectivity index (χ4v) is 3.22. The van der Waals surface area contributed by atoms with Crippen molar-refractivity contribution in [2.24, 2.45) is 0 Å². The second kappa shape index (κ2) is 5.63. The van der Waals surface area contributed by atoms with E-state index < -0.39 is 28.9 Å². The van der Waals surface area contributed by atoms with Crippen LogP contribution in [-0.4, -0.2) is 27.3 Å². The zero-order chi connectivity index (χ0) is 14.8. The van der Waals surface area contributed by atoms with Crippen molar-refractivity contribution < 1.29 is 26.0 Å². The van der Waals surface area contributed by atoms with Crippen LogP contribution in [0.3, 0.4) is 0 Å². The molecule has 10 heteroatoms. The number of benzene rings is 1. The zero-order valence-electron chi connectivity index (χ0n) is 9.21. The average Bonchev–Trinajstić information content (AvgIpc) is 2.26. The molecule has 0 radical (unpaired) electrons. The molecular formula is C9H9BrF4N2O2S. The third kappa shape index (κ3) is 4.05. The average molecular weight is 365 g/mol. The maximum Gasteiger partial charge on any atom is 0.320 e. The monoisotopic (exact) mass is 364 g/mol. The molecule has 0 aromatic heterocycles. The summed E-state index contributed by atoms with van der Waals surface area (Å²) in [4.78, 5) is -0.369. The molecule has 19 heavy (non-hydrogen) atoms. The predicted octanol–water partition coefficient (Wildman–Crippen LogP) is 2.21. The Morgan fingerprint density at radius 2 is 1.95 bits per heavy atom. The van der Waals surface area contributed by atoms with Crippen molar-refractivity contribution in [3.63, 3.8) is 0 Å². The summed E-state index contributed by atoms with van der Waals surface area (Å²) in [5.41, 5.74) is 5.64. The summed E-state index contributed by atoms with van der Waals surface area (Å²) in [6.45, 7) is -1.69. The highest BCUT2D eigenvalue weighted by atomic mass is 79.9. The maximum absolute atomic E-state index is 12.6. The van der Waals surface area contributed by atoms with Crippen molar-refractivity contribution in [1.82, 2.24) is 4.72 Å². The van der Waals surface area contributed by atoms with Gasteiger partial charge < -0.3 is 5.73 Å². The molecule has 3 N–H and O–H groups in total. The summed E-state index contributed by atoms with van der Waals surface area (Å²) in [6.07, 6.45) is -3.95. The Morgan fingerprint density at radius 1 is 1.37 bits per heavy atom. The minimum atomic E-state index is -4.44. The number of anilines is 1. The fourth-order valence-electron chi connectivity index (χ4n) is 1.08. The van der Waals surface area contributed by atoms with E-state index in [1.807, 2.05) is 0 Å². The van der Waals surface area contributed by atoms with Crippen LogP contribution in [0.1, 0.15) is 0 Å². The first-order valence-corrected chi connectivity index (χ1v) is 7.04. The number of alkyl halides is 4. The molecule has 1 rings (SSSR count). The summed E-state index contributed by atoms with van der Waals surface area (Å²) in [7, 11) is -4.34. The number of nitrogens with one attached hydrogen (secondary N) is 1. The Balaban J connectivity index is 2.94. The van der Waals surface area contributed by atoms with Crippen LogP contribution >= 0.6 is 15.9 Å². The highest BCUT2D eigenvalue weighted by Gasteiger charge is 2.41. The van der Waals surface area contributed by atoms with Crippen LogP contribution in [-0.2, 0) is 10.0 Å². The largest absolute Gasteiger partial charge is 0.399 e. The van der Waals surface area contributed by atoms with Gasteiger partial charge in [0.05, 0.1) is 11.4 Å². The summed E-state index contributed by atoms with van der Waals surface area (Å²) in [6, 6.07) is 3.56. The molecule has 4 nitrogen and oxygen atoms in total. The predicted molar refractivity (Wildman–Crippen MR) is 64.7 cm³/mol. The van der Waals surface area contributed by atoms with Crippen molar-refractivity contribution in [3.8, 4) is 0 Å². The first-order chi connectivity index (χ1) is 8.56. The third-order valence-electron chi connectivity index (χ3n) is 2.06. The Hall–Kier alpha value is -0.870. The molecule has 0 atom stereocenters.